The van der Waals surface area contributed by atoms with E-state index >= 15 is 0 Å². The van der Waals surface area contributed by atoms with Crippen molar-refractivity contribution in [1.82, 2.24) is 10.3 Å². The normalized spacial score (nSPS) is 12.2. The molecule has 0 aliphatic heterocycles. The number of carboxylic acids is 1. The van der Waals surface area contributed by atoms with Crippen molar-refractivity contribution in [3.05, 3.63) is 36.0 Å². The molecule has 1 aromatic carbocycles. The van der Waals surface area contributed by atoms with Crippen LogP contribution in [0, 0.1) is 0 Å². The van der Waals surface area contributed by atoms with Crippen LogP contribution in [0.3, 0.4) is 0 Å². The second kappa shape index (κ2) is 6.21. The van der Waals surface area contributed by atoms with Crippen LogP contribution in [0.25, 0.3) is 10.9 Å². The number of carboxylic acid groups (broad SMARTS) is 1. The number of carbonyl (C=O) groups is 2. The number of nitrogens with one attached hydrogen (secondary N) is 2. The van der Waals surface area contributed by atoms with E-state index in [9.17, 15) is 9.59 Å². The summed E-state index contributed by atoms with van der Waals surface area (Å²) in [4.78, 5) is 26.3. The first-order chi connectivity index (χ1) is 9.63. The molecule has 0 aliphatic carbocycles. The second-order valence-electron chi connectivity index (χ2n) is 4.39. The first-order valence-corrected chi connectivity index (χ1v) is 6.22. The largest absolute Gasteiger partial charge is 0.480 e. The summed E-state index contributed by atoms with van der Waals surface area (Å²) >= 11 is 0. The SMILES string of the molecule is COCCC(NC(=O)c1cccc2[nH]ccc12)C(=O)O. The van der Waals surface area contributed by atoms with Crippen LogP contribution < -0.4 is 5.32 Å². The molecular formula is C14H16N2O4. The van der Waals surface area contributed by atoms with Crippen LogP contribution in [0.2, 0.25) is 0 Å². The smallest absolute Gasteiger partial charge is 0.326 e. The molecule has 0 fully saturated rings. The van der Waals surface area contributed by atoms with Crippen LogP contribution in [0.5, 0.6) is 0 Å². The molecule has 1 aromatic heterocycles. The Morgan fingerprint density at radius 1 is 1.40 bits per heavy atom. The van der Waals surface area contributed by atoms with Gasteiger partial charge in [-0.1, -0.05) is 6.07 Å². The summed E-state index contributed by atoms with van der Waals surface area (Å²) in [7, 11) is 1.49. The summed E-state index contributed by atoms with van der Waals surface area (Å²) in [6, 6.07) is 6.09. The van der Waals surface area contributed by atoms with E-state index < -0.39 is 17.9 Å². The van der Waals surface area contributed by atoms with Crippen LogP contribution in [0.1, 0.15) is 16.8 Å². The number of H-pyrrole nitrogens is 1. The molecule has 3 N–H and O–H groups in total. The number of carbonyl (C=O) groups excluding carboxylic acids is 1. The van der Waals surface area contributed by atoms with Gasteiger partial charge in [-0.25, -0.2) is 4.79 Å². The van der Waals surface area contributed by atoms with Crippen LogP contribution in [-0.2, 0) is 9.53 Å². The molecule has 1 unspecified atom stereocenters. The van der Waals surface area contributed by atoms with Crippen molar-refractivity contribution in [2.24, 2.45) is 0 Å². The number of ether oxygens (including phenoxy) is 1. The van der Waals surface area contributed by atoms with Crippen molar-refractivity contribution in [1.29, 1.82) is 0 Å². The lowest BCUT2D eigenvalue weighted by atomic mass is 10.1. The van der Waals surface area contributed by atoms with E-state index in [0.29, 0.717) is 5.56 Å². The molecule has 1 heterocycles. The fraction of sp³-hybridized carbons (Fsp3) is 0.286. The van der Waals surface area contributed by atoms with Gasteiger partial charge in [-0.05, 0) is 18.2 Å². The second-order valence-corrected chi connectivity index (χ2v) is 4.39. The van der Waals surface area contributed by atoms with Gasteiger partial charge in [0.1, 0.15) is 6.04 Å². The molecule has 0 radical (unpaired) electrons. The number of methoxy groups -OCH3 is 1. The highest BCUT2D eigenvalue weighted by Crippen LogP contribution is 2.17. The summed E-state index contributed by atoms with van der Waals surface area (Å²) in [6.45, 7) is 0.269. The Bertz CT molecular complexity index is 620. The highest BCUT2D eigenvalue weighted by Gasteiger charge is 2.21. The first-order valence-electron chi connectivity index (χ1n) is 6.22. The van der Waals surface area contributed by atoms with Gasteiger partial charge in [0.15, 0.2) is 0 Å². The first kappa shape index (κ1) is 14.1. The topological polar surface area (TPSA) is 91.4 Å². The Kier molecular flexibility index (Phi) is 4.37. The average Bonchev–Trinajstić information content (AvgIpc) is 2.90. The van der Waals surface area contributed by atoms with Gasteiger partial charge < -0.3 is 20.1 Å². The summed E-state index contributed by atoms with van der Waals surface area (Å²) in [5.41, 5.74) is 1.29. The maximum Gasteiger partial charge on any atom is 0.326 e. The third kappa shape index (κ3) is 2.97. The van der Waals surface area contributed by atoms with Crippen molar-refractivity contribution in [2.45, 2.75) is 12.5 Å². The Morgan fingerprint density at radius 2 is 2.20 bits per heavy atom. The third-order valence-electron chi connectivity index (χ3n) is 3.05. The van der Waals surface area contributed by atoms with Gasteiger partial charge in [-0.3, -0.25) is 4.79 Å². The van der Waals surface area contributed by atoms with Crippen LogP contribution in [0.4, 0.5) is 0 Å². The number of hydrogen-bond acceptors (Lipinski definition) is 3. The summed E-state index contributed by atoms with van der Waals surface area (Å²) in [5.74, 6) is -1.48. The van der Waals surface area contributed by atoms with Gasteiger partial charge in [0, 0.05) is 42.8 Å². The number of hydrogen-bond donors (Lipinski definition) is 3. The average molecular weight is 276 g/mol. The minimum atomic E-state index is -1.07. The lowest BCUT2D eigenvalue weighted by Crippen LogP contribution is -2.41. The highest BCUT2D eigenvalue weighted by atomic mass is 16.5. The number of benzene rings is 1. The van der Waals surface area contributed by atoms with Gasteiger partial charge >= 0.3 is 5.97 Å². The fourth-order valence-corrected chi connectivity index (χ4v) is 2.01. The predicted molar refractivity (Wildman–Crippen MR) is 73.7 cm³/mol. The Hall–Kier alpha value is -2.34. The summed E-state index contributed by atoms with van der Waals surface area (Å²) < 4.78 is 4.85. The summed E-state index contributed by atoms with van der Waals surface area (Å²) in [6.07, 6.45) is 1.96. The Balaban J connectivity index is 2.18. The number of amides is 1. The van der Waals surface area contributed by atoms with Crippen molar-refractivity contribution in [3.63, 3.8) is 0 Å². The third-order valence-corrected chi connectivity index (χ3v) is 3.05. The maximum absolute atomic E-state index is 12.2. The van der Waals surface area contributed by atoms with Crippen molar-refractivity contribution in [2.75, 3.05) is 13.7 Å². The molecule has 1 amide bonds. The molecule has 106 valence electrons. The van der Waals surface area contributed by atoms with Gasteiger partial charge in [0.25, 0.3) is 5.91 Å². The molecular weight excluding hydrogens is 260 g/mol. The van der Waals surface area contributed by atoms with Crippen molar-refractivity contribution in [3.8, 4) is 0 Å². The Labute approximate surface area is 115 Å². The molecule has 1 atom stereocenters. The molecule has 0 saturated heterocycles. The van der Waals surface area contributed by atoms with Crippen LogP contribution >= 0.6 is 0 Å². The number of aliphatic carboxylic acids is 1. The Morgan fingerprint density at radius 3 is 2.90 bits per heavy atom. The molecule has 0 spiro atoms. The van der Waals surface area contributed by atoms with Gasteiger partial charge in [0.05, 0.1) is 0 Å². The number of aromatic nitrogens is 1. The molecule has 6 heteroatoms. The zero-order valence-corrected chi connectivity index (χ0v) is 11.1. The molecule has 0 saturated carbocycles. The van der Waals surface area contributed by atoms with Crippen LogP contribution in [-0.4, -0.2) is 41.7 Å². The van der Waals surface area contributed by atoms with Crippen molar-refractivity contribution >= 4 is 22.8 Å². The lowest BCUT2D eigenvalue weighted by Gasteiger charge is -2.14. The van der Waals surface area contributed by atoms with E-state index in [2.05, 4.69) is 10.3 Å². The zero-order chi connectivity index (χ0) is 14.5. The standard InChI is InChI=1S/C14H16N2O4/c1-20-8-6-12(14(18)19)16-13(17)10-3-2-4-11-9(10)5-7-15-11/h2-5,7,12,15H,6,8H2,1H3,(H,16,17)(H,18,19). The highest BCUT2D eigenvalue weighted by molar-refractivity contribution is 6.07. The molecule has 20 heavy (non-hydrogen) atoms. The van der Waals surface area contributed by atoms with E-state index in [0.717, 1.165) is 10.9 Å². The molecule has 2 rings (SSSR count). The van der Waals surface area contributed by atoms with Gasteiger partial charge in [-0.2, -0.15) is 0 Å². The number of rotatable bonds is 6. The van der Waals surface area contributed by atoms with E-state index in [1.807, 2.05) is 6.07 Å². The number of aromatic amines is 1. The van der Waals surface area contributed by atoms with E-state index in [-0.39, 0.29) is 13.0 Å². The predicted octanol–water partition coefficient (Wildman–Crippen LogP) is 1.39. The zero-order valence-electron chi connectivity index (χ0n) is 11.1. The number of fused-ring (bicyclic) bond motifs is 1. The summed E-state index contributed by atoms with van der Waals surface area (Å²) in [5, 5.41) is 12.4. The quantitative estimate of drug-likeness (QED) is 0.743. The van der Waals surface area contributed by atoms with Gasteiger partial charge in [0.2, 0.25) is 0 Å². The lowest BCUT2D eigenvalue weighted by molar-refractivity contribution is -0.139. The van der Waals surface area contributed by atoms with Crippen molar-refractivity contribution < 1.29 is 19.4 Å². The maximum atomic E-state index is 12.2. The van der Waals surface area contributed by atoms with E-state index in [1.165, 1.54) is 7.11 Å². The van der Waals surface area contributed by atoms with Crippen LogP contribution in [0.15, 0.2) is 30.5 Å². The minimum absolute atomic E-state index is 0.223. The molecule has 6 nitrogen and oxygen atoms in total. The van der Waals surface area contributed by atoms with E-state index in [4.69, 9.17) is 9.84 Å². The molecule has 2 aromatic rings. The fourth-order valence-electron chi connectivity index (χ4n) is 2.01. The van der Waals surface area contributed by atoms with Gasteiger partial charge in [-0.15, -0.1) is 0 Å². The monoisotopic (exact) mass is 276 g/mol. The molecule has 0 bridgehead atoms. The van der Waals surface area contributed by atoms with E-state index in [1.54, 1.807) is 24.4 Å². The minimum Gasteiger partial charge on any atom is -0.480 e. The molecule has 0 aliphatic rings.